The van der Waals surface area contributed by atoms with Gasteiger partial charge in [0.1, 0.15) is 11.4 Å². The number of amides is 1. The molecule has 0 fully saturated rings. The van der Waals surface area contributed by atoms with Crippen LogP contribution in [0.25, 0.3) is 0 Å². The predicted octanol–water partition coefficient (Wildman–Crippen LogP) is 2.89. The number of carbonyl (C=O) groups is 2. The summed E-state index contributed by atoms with van der Waals surface area (Å²) in [7, 11) is 0. The first-order chi connectivity index (χ1) is 8.32. The molecule has 1 amide bonds. The molecule has 0 spiro atoms. The van der Waals surface area contributed by atoms with Gasteiger partial charge >= 0.3 is 5.97 Å². The van der Waals surface area contributed by atoms with Crippen molar-refractivity contribution in [2.24, 2.45) is 5.92 Å². The maximum absolute atomic E-state index is 12.2. The Labute approximate surface area is 115 Å². The van der Waals surface area contributed by atoms with Crippen LogP contribution >= 0.6 is 22.9 Å². The van der Waals surface area contributed by atoms with E-state index in [-0.39, 0.29) is 18.4 Å². The third-order valence-corrected chi connectivity index (χ3v) is 3.98. The summed E-state index contributed by atoms with van der Waals surface area (Å²) < 4.78 is 0. The standard InChI is InChI=1S/C12H16ClNO3S/c1-7(2)4-14(5-9(15)16)12(17)11-10(13)8(3)6-18-11/h6-7H,4-5H2,1-3H3,(H,15,16). The monoisotopic (exact) mass is 289 g/mol. The molecular formula is C12H16ClNO3S. The number of hydrogen-bond acceptors (Lipinski definition) is 3. The van der Waals surface area contributed by atoms with E-state index in [1.54, 1.807) is 5.38 Å². The summed E-state index contributed by atoms with van der Waals surface area (Å²) in [4.78, 5) is 24.8. The molecule has 0 bridgehead atoms. The lowest BCUT2D eigenvalue weighted by Crippen LogP contribution is -2.38. The first-order valence-corrected chi connectivity index (χ1v) is 6.83. The smallest absolute Gasteiger partial charge is 0.323 e. The van der Waals surface area contributed by atoms with Crippen molar-refractivity contribution in [3.63, 3.8) is 0 Å². The van der Waals surface area contributed by atoms with E-state index < -0.39 is 5.97 Å². The molecule has 0 radical (unpaired) electrons. The first kappa shape index (κ1) is 15.0. The summed E-state index contributed by atoms with van der Waals surface area (Å²) in [6, 6.07) is 0. The number of nitrogens with zero attached hydrogens (tertiary/aromatic N) is 1. The van der Waals surface area contributed by atoms with Crippen LogP contribution in [0, 0.1) is 12.8 Å². The Morgan fingerprint density at radius 3 is 2.50 bits per heavy atom. The van der Waals surface area contributed by atoms with E-state index in [1.807, 2.05) is 20.8 Å². The van der Waals surface area contributed by atoms with Gasteiger partial charge in [-0.2, -0.15) is 0 Å². The third-order valence-electron chi connectivity index (χ3n) is 2.29. The highest BCUT2D eigenvalue weighted by atomic mass is 35.5. The van der Waals surface area contributed by atoms with E-state index in [9.17, 15) is 9.59 Å². The molecule has 0 saturated carbocycles. The average Bonchev–Trinajstić information content (AvgIpc) is 2.56. The molecule has 0 aliphatic heterocycles. The molecule has 1 aromatic heterocycles. The highest BCUT2D eigenvalue weighted by molar-refractivity contribution is 7.13. The number of aryl methyl sites for hydroxylation is 1. The number of carbonyl (C=O) groups excluding carboxylic acids is 1. The SMILES string of the molecule is Cc1csc(C(=O)N(CC(=O)O)CC(C)C)c1Cl. The van der Waals surface area contributed by atoms with Crippen molar-refractivity contribution >= 4 is 34.8 Å². The molecule has 1 aromatic rings. The molecule has 0 atom stereocenters. The topological polar surface area (TPSA) is 57.6 Å². The van der Waals surface area contributed by atoms with Gasteiger partial charge in [0.15, 0.2) is 0 Å². The van der Waals surface area contributed by atoms with Crippen LogP contribution in [0.5, 0.6) is 0 Å². The highest BCUT2D eigenvalue weighted by Gasteiger charge is 2.23. The molecule has 0 aliphatic carbocycles. The molecule has 1 rings (SSSR count). The van der Waals surface area contributed by atoms with Crippen molar-refractivity contribution in [3.8, 4) is 0 Å². The second kappa shape index (κ2) is 6.20. The molecule has 1 N–H and O–H groups in total. The van der Waals surface area contributed by atoms with Gasteiger partial charge in [0, 0.05) is 6.54 Å². The Morgan fingerprint density at radius 2 is 2.11 bits per heavy atom. The molecule has 0 aromatic carbocycles. The third kappa shape index (κ3) is 3.71. The molecule has 4 nitrogen and oxygen atoms in total. The fourth-order valence-corrected chi connectivity index (χ4v) is 2.78. The molecular weight excluding hydrogens is 274 g/mol. The number of carboxylic acids is 1. The fraction of sp³-hybridized carbons (Fsp3) is 0.500. The lowest BCUT2D eigenvalue weighted by atomic mass is 10.2. The summed E-state index contributed by atoms with van der Waals surface area (Å²) in [5.41, 5.74) is 0.838. The second-order valence-corrected chi connectivity index (χ2v) is 5.79. The number of hydrogen-bond donors (Lipinski definition) is 1. The minimum absolute atomic E-state index is 0.202. The van der Waals surface area contributed by atoms with Gasteiger partial charge in [-0.05, 0) is 23.8 Å². The molecule has 100 valence electrons. The zero-order valence-electron chi connectivity index (χ0n) is 10.6. The molecule has 0 saturated heterocycles. The van der Waals surface area contributed by atoms with Crippen molar-refractivity contribution in [2.45, 2.75) is 20.8 Å². The summed E-state index contributed by atoms with van der Waals surface area (Å²) in [6.45, 7) is 5.79. The maximum Gasteiger partial charge on any atom is 0.323 e. The van der Waals surface area contributed by atoms with Crippen molar-refractivity contribution < 1.29 is 14.7 Å². The first-order valence-electron chi connectivity index (χ1n) is 5.57. The second-order valence-electron chi connectivity index (χ2n) is 4.54. The van der Waals surface area contributed by atoms with Gasteiger partial charge in [0.05, 0.1) is 5.02 Å². The number of aliphatic carboxylic acids is 1. The quantitative estimate of drug-likeness (QED) is 0.907. The number of carboxylic acid groups (broad SMARTS) is 1. The van der Waals surface area contributed by atoms with E-state index >= 15 is 0 Å². The van der Waals surface area contributed by atoms with Crippen molar-refractivity contribution in [1.82, 2.24) is 4.90 Å². The van der Waals surface area contributed by atoms with E-state index in [0.29, 0.717) is 16.4 Å². The summed E-state index contributed by atoms with van der Waals surface area (Å²) in [5.74, 6) is -1.13. The Kier molecular flexibility index (Phi) is 5.16. The van der Waals surface area contributed by atoms with Crippen molar-refractivity contribution in [1.29, 1.82) is 0 Å². The van der Waals surface area contributed by atoms with Crippen LogP contribution in [0.15, 0.2) is 5.38 Å². The van der Waals surface area contributed by atoms with Gasteiger partial charge < -0.3 is 10.0 Å². The van der Waals surface area contributed by atoms with Crippen LogP contribution in [0.2, 0.25) is 5.02 Å². The maximum atomic E-state index is 12.2. The van der Waals surface area contributed by atoms with Gasteiger partial charge in [0.2, 0.25) is 0 Å². The number of rotatable bonds is 5. The summed E-state index contributed by atoms with van der Waals surface area (Å²) >= 11 is 7.29. The Morgan fingerprint density at radius 1 is 1.50 bits per heavy atom. The molecule has 0 aliphatic rings. The van der Waals surface area contributed by atoms with Gasteiger partial charge in [-0.3, -0.25) is 9.59 Å². The largest absolute Gasteiger partial charge is 0.480 e. The van der Waals surface area contributed by atoms with Crippen LogP contribution in [0.3, 0.4) is 0 Å². The van der Waals surface area contributed by atoms with Crippen LogP contribution in [-0.2, 0) is 4.79 Å². The minimum atomic E-state index is -1.02. The van der Waals surface area contributed by atoms with Gasteiger partial charge in [0.25, 0.3) is 5.91 Å². The Hall–Kier alpha value is -1.07. The van der Waals surface area contributed by atoms with Crippen molar-refractivity contribution in [3.05, 3.63) is 20.8 Å². The zero-order chi connectivity index (χ0) is 13.9. The Bertz CT molecular complexity index is 456. The Balaban J connectivity index is 2.94. The number of halogens is 1. The summed E-state index contributed by atoms with van der Waals surface area (Å²) in [5, 5.41) is 11.1. The lowest BCUT2D eigenvalue weighted by molar-refractivity contribution is -0.137. The van der Waals surface area contributed by atoms with Crippen LogP contribution in [-0.4, -0.2) is 35.0 Å². The van der Waals surface area contributed by atoms with Gasteiger partial charge in [-0.1, -0.05) is 25.4 Å². The van der Waals surface area contributed by atoms with E-state index in [0.717, 1.165) is 5.56 Å². The van der Waals surface area contributed by atoms with Crippen molar-refractivity contribution in [2.75, 3.05) is 13.1 Å². The van der Waals surface area contributed by atoms with Crippen LogP contribution < -0.4 is 0 Å². The molecule has 18 heavy (non-hydrogen) atoms. The van der Waals surface area contributed by atoms with Gasteiger partial charge in [-0.15, -0.1) is 11.3 Å². The lowest BCUT2D eigenvalue weighted by Gasteiger charge is -2.22. The number of thiophene rings is 1. The van der Waals surface area contributed by atoms with E-state index in [2.05, 4.69) is 0 Å². The van der Waals surface area contributed by atoms with E-state index in [4.69, 9.17) is 16.7 Å². The summed E-state index contributed by atoms with van der Waals surface area (Å²) in [6.07, 6.45) is 0. The predicted molar refractivity (Wildman–Crippen MR) is 72.4 cm³/mol. The minimum Gasteiger partial charge on any atom is -0.480 e. The normalized spacial score (nSPS) is 10.7. The zero-order valence-corrected chi connectivity index (χ0v) is 12.1. The molecule has 6 heteroatoms. The molecule has 1 heterocycles. The van der Waals surface area contributed by atoms with Crippen LogP contribution in [0.1, 0.15) is 29.1 Å². The fourth-order valence-electron chi connectivity index (χ4n) is 1.54. The highest BCUT2D eigenvalue weighted by Crippen LogP contribution is 2.28. The van der Waals surface area contributed by atoms with Crippen LogP contribution in [0.4, 0.5) is 0 Å². The average molecular weight is 290 g/mol. The molecule has 0 unspecified atom stereocenters. The van der Waals surface area contributed by atoms with Gasteiger partial charge in [-0.25, -0.2) is 0 Å². The van der Waals surface area contributed by atoms with E-state index in [1.165, 1.54) is 16.2 Å².